The zero-order valence-electron chi connectivity index (χ0n) is 20.5. The first kappa shape index (κ1) is 21.8. The molecule has 1 N–H and O–H groups in total. The number of hydrogen-bond donors (Lipinski definition) is 1. The quantitative estimate of drug-likeness (QED) is 0.470. The Kier molecular flexibility index (Phi) is 5.28. The molecule has 2 atom stereocenters. The van der Waals surface area contributed by atoms with Gasteiger partial charge in [0.05, 0.1) is 29.7 Å². The summed E-state index contributed by atoms with van der Waals surface area (Å²) in [5.74, 6) is 3.58. The number of likely N-dealkylation sites (N-methyl/N-ethyl adjacent to an activating group) is 1. The Morgan fingerprint density at radius 1 is 1.14 bits per heavy atom. The summed E-state index contributed by atoms with van der Waals surface area (Å²) in [5, 5.41) is 13.9. The number of aryl methyl sites for hydroxylation is 1. The Labute approximate surface area is 203 Å². The number of nitrogens with zero attached hydrogens (tertiary/aromatic N) is 9. The smallest absolute Gasteiger partial charge is 0.222 e. The molecule has 4 bridgehead atoms. The van der Waals surface area contributed by atoms with E-state index in [2.05, 4.69) is 57.0 Å². The number of rotatable bonds is 2. The molecular formula is C24H30N10O. The van der Waals surface area contributed by atoms with E-state index in [-0.39, 0.29) is 6.04 Å². The van der Waals surface area contributed by atoms with Gasteiger partial charge in [0, 0.05) is 51.1 Å². The van der Waals surface area contributed by atoms with E-state index in [9.17, 15) is 0 Å². The molecule has 4 aromatic rings. The van der Waals surface area contributed by atoms with Gasteiger partial charge in [-0.25, -0.2) is 19.6 Å². The zero-order chi connectivity index (χ0) is 24.1. The van der Waals surface area contributed by atoms with E-state index in [1.54, 1.807) is 17.1 Å². The normalized spacial score (nSPS) is 20.1. The van der Waals surface area contributed by atoms with E-state index in [4.69, 9.17) is 19.8 Å². The minimum Gasteiger partial charge on any atom is -0.477 e. The maximum Gasteiger partial charge on any atom is 0.222 e. The third kappa shape index (κ3) is 3.85. The molecule has 4 aromatic heterocycles. The van der Waals surface area contributed by atoms with E-state index in [0.29, 0.717) is 36.0 Å². The van der Waals surface area contributed by atoms with Crippen LogP contribution in [0.5, 0.6) is 5.88 Å². The van der Waals surface area contributed by atoms with Gasteiger partial charge in [-0.1, -0.05) is 0 Å². The molecule has 0 amide bonds. The molecule has 0 unspecified atom stereocenters. The molecule has 1 saturated heterocycles. The highest BCUT2D eigenvalue weighted by Crippen LogP contribution is 2.34. The molecule has 0 aromatic carbocycles. The van der Waals surface area contributed by atoms with Crippen molar-refractivity contribution in [2.45, 2.75) is 31.8 Å². The number of hydrogen-bond acceptors (Lipinski definition) is 9. The molecule has 0 aliphatic carbocycles. The van der Waals surface area contributed by atoms with E-state index in [1.807, 2.05) is 19.3 Å². The van der Waals surface area contributed by atoms with Crippen molar-refractivity contribution in [2.75, 3.05) is 44.0 Å². The molecule has 11 heteroatoms. The first-order valence-corrected chi connectivity index (χ1v) is 12.0. The first-order valence-electron chi connectivity index (χ1n) is 12.0. The molecule has 182 valence electrons. The maximum atomic E-state index is 6.20. The Hall–Kier alpha value is -3.73. The van der Waals surface area contributed by atoms with E-state index in [1.165, 1.54) is 0 Å². The second-order valence-corrected chi connectivity index (χ2v) is 9.57. The van der Waals surface area contributed by atoms with Gasteiger partial charge in [0.1, 0.15) is 17.2 Å². The summed E-state index contributed by atoms with van der Waals surface area (Å²) in [4.78, 5) is 18.5. The monoisotopic (exact) mass is 474 g/mol. The van der Waals surface area contributed by atoms with Crippen LogP contribution in [0.2, 0.25) is 0 Å². The molecular weight excluding hydrogens is 444 g/mol. The standard InChI is InChI=1S/C24H30N10O/c1-15-7-10-35-24-18(13-27-32(24)4)22-25-8-5-20(29-22)28-21-11-19-17(12-26-21)23(30-34(15)19)33-9-6-16(14-33)31(2)3/h5,8,11-13,15-16H,6-7,9-10,14H2,1-4H3,(H,25,26,28,29)/t15-,16-/m0/s1. The number of aromatic nitrogens is 7. The van der Waals surface area contributed by atoms with Crippen molar-refractivity contribution >= 4 is 28.4 Å². The lowest BCUT2D eigenvalue weighted by Crippen LogP contribution is -2.31. The molecule has 2 aliphatic heterocycles. The van der Waals surface area contributed by atoms with E-state index < -0.39 is 0 Å². The largest absolute Gasteiger partial charge is 0.477 e. The number of anilines is 3. The molecule has 0 spiro atoms. The SMILES string of the molecule is C[C@H]1CCOc2c(cnn2C)-c2nccc(n2)Nc2cc3c(cn2)c(N2CC[C@H](N(C)C)C2)nn31. The topological polar surface area (TPSA) is 102 Å². The summed E-state index contributed by atoms with van der Waals surface area (Å²) in [6.45, 7) is 4.65. The minimum atomic E-state index is 0.127. The number of ether oxygens (including phenoxy) is 1. The van der Waals surface area contributed by atoms with Gasteiger partial charge < -0.3 is 19.9 Å². The van der Waals surface area contributed by atoms with E-state index in [0.717, 1.165) is 48.2 Å². The van der Waals surface area contributed by atoms with Crippen LogP contribution >= 0.6 is 0 Å². The average Bonchev–Trinajstić information content (AvgIpc) is 3.56. The van der Waals surface area contributed by atoms with Crippen LogP contribution in [0.1, 0.15) is 25.8 Å². The van der Waals surface area contributed by atoms with Crippen molar-refractivity contribution < 1.29 is 4.74 Å². The fraction of sp³-hybridized carbons (Fsp3) is 0.458. The highest BCUT2D eigenvalue weighted by molar-refractivity contribution is 5.92. The van der Waals surface area contributed by atoms with Crippen LogP contribution in [0.4, 0.5) is 17.5 Å². The zero-order valence-corrected chi connectivity index (χ0v) is 20.5. The number of pyridine rings is 1. The summed E-state index contributed by atoms with van der Waals surface area (Å²) in [7, 11) is 6.15. The molecule has 0 saturated carbocycles. The molecule has 11 nitrogen and oxygen atoms in total. The Morgan fingerprint density at radius 3 is 2.86 bits per heavy atom. The number of fused-ring (bicyclic) bond motifs is 5. The predicted octanol–water partition coefficient (Wildman–Crippen LogP) is 2.85. The molecule has 35 heavy (non-hydrogen) atoms. The summed E-state index contributed by atoms with van der Waals surface area (Å²) in [6, 6.07) is 4.54. The molecule has 1 fully saturated rings. The van der Waals surface area contributed by atoms with Gasteiger partial charge in [0.2, 0.25) is 5.88 Å². The summed E-state index contributed by atoms with van der Waals surface area (Å²) in [5.41, 5.74) is 1.81. The lowest BCUT2D eigenvalue weighted by Gasteiger charge is -2.20. The Bertz CT molecular complexity index is 1380. The fourth-order valence-electron chi connectivity index (χ4n) is 4.90. The van der Waals surface area contributed by atoms with Crippen molar-refractivity contribution in [1.29, 1.82) is 0 Å². The van der Waals surface area contributed by atoms with Crippen molar-refractivity contribution in [3.05, 3.63) is 30.7 Å². The van der Waals surface area contributed by atoms with Gasteiger partial charge in [-0.2, -0.15) is 10.2 Å². The lowest BCUT2D eigenvalue weighted by molar-refractivity contribution is 0.260. The van der Waals surface area contributed by atoms with Crippen LogP contribution in [-0.4, -0.2) is 79.2 Å². The first-order chi connectivity index (χ1) is 17.0. The maximum absolute atomic E-state index is 6.20. The Balaban J connectivity index is 1.43. The molecule has 6 rings (SSSR count). The third-order valence-corrected chi connectivity index (χ3v) is 6.99. The van der Waals surface area contributed by atoms with E-state index >= 15 is 0 Å². The average molecular weight is 475 g/mol. The molecule has 0 radical (unpaired) electrons. The molecule has 2 aliphatic rings. The van der Waals surface area contributed by atoms with Gasteiger partial charge in [-0.15, -0.1) is 0 Å². The predicted molar refractivity (Wildman–Crippen MR) is 134 cm³/mol. The molecule has 6 heterocycles. The van der Waals surface area contributed by atoms with Crippen LogP contribution in [0.25, 0.3) is 22.3 Å². The van der Waals surface area contributed by atoms with Gasteiger partial charge in [0.15, 0.2) is 11.6 Å². The second kappa shape index (κ2) is 8.49. The third-order valence-electron chi connectivity index (χ3n) is 6.99. The fourth-order valence-corrected chi connectivity index (χ4v) is 4.90. The van der Waals surface area contributed by atoms with Crippen LogP contribution in [0.15, 0.2) is 30.7 Å². The summed E-state index contributed by atoms with van der Waals surface area (Å²) >= 11 is 0. The van der Waals surface area contributed by atoms with Crippen molar-refractivity contribution in [2.24, 2.45) is 7.05 Å². The summed E-state index contributed by atoms with van der Waals surface area (Å²) < 4.78 is 10.0. The van der Waals surface area contributed by atoms with Crippen LogP contribution in [-0.2, 0) is 7.05 Å². The summed E-state index contributed by atoms with van der Waals surface area (Å²) in [6.07, 6.45) is 7.30. The van der Waals surface area contributed by atoms with Crippen molar-refractivity contribution in [1.82, 2.24) is 39.4 Å². The highest BCUT2D eigenvalue weighted by Gasteiger charge is 2.28. The van der Waals surface area contributed by atoms with Gasteiger partial charge in [-0.05, 0) is 33.5 Å². The van der Waals surface area contributed by atoms with Crippen molar-refractivity contribution in [3.63, 3.8) is 0 Å². The lowest BCUT2D eigenvalue weighted by atomic mass is 10.2. The van der Waals surface area contributed by atoms with Gasteiger partial charge in [-0.3, -0.25) is 4.68 Å². The van der Waals surface area contributed by atoms with Crippen LogP contribution < -0.4 is 15.0 Å². The van der Waals surface area contributed by atoms with Gasteiger partial charge in [0.25, 0.3) is 0 Å². The second-order valence-electron chi connectivity index (χ2n) is 9.57. The number of nitrogens with one attached hydrogen (secondary N) is 1. The Morgan fingerprint density at radius 2 is 2.03 bits per heavy atom. The highest BCUT2D eigenvalue weighted by atomic mass is 16.5. The minimum absolute atomic E-state index is 0.127. The van der Waals surface area contributed by atoms with Crippen molar-refractivity contribution in [3.8, 4) is 17.3 Å². The van der Waals surface area contributed by atoms with Gasteiger partial charge >= 0.3 is 0 Å². The van der Waals surface area contributed by atoms with Crippen LogP contribution in [0, 0.1) is 0 Å². The van der Waals surface area contributed by atoms with Crippen LogP contribution in [0.3, 0.4) is 0 Å².